The van der Waals surface area contributed by atoms with Crippen LogP contribution in [0.3, 0.4) is 0 Å². The van der Waals surface area contributed by atoms with Gasteiger partial charge in [-0.25, -0.2) is 8.42 Å². The number of likely N-dealkylation sites (tertiary alicyclic amines) is 1. The number of aryl methyl sites for hydroxylation is 1. The van der Waals surface area contributed by atoms with Gasteiger partial charge in [0.1, 0.15) is 4.90 Å². The molecule has 3 rings (SSSR count). The summed E-state index contributed by atoms with van der Waals surface area (Å²) in [6.45, 7) is 2.62. The lowest BCUT2D eigenvalue weighted by molar-refractivity contribution is 0.326. The highest BCUT2D eigenvalue weighted by Crippen LogP contribution is 2.30. The number of nitrogens with one attached hydrogen (secondary N) is 1. The number of hydrogen-bond donors (Lipinski definition) is 1. The zero-order chi connectivity index (χ0) is 15.0. The monoisotopic (exact) mass is 309 g/mol. The van der Waals surface area contributed by atoms with E-state index in [0.717, 1.165) is 31.7 Å². The minimum Gasteiger partial charge on any atom is -0.298 e. The Morgan fingerprint density at radius 1 is 1.43 bits per heavy atom. The quantitative estimate of drug-likeness (QED) is 0.891. The Morgan fingerprint density at radius 2 is 2.24 bits per heavy atom. The number of rotatable bonds is 4. The standard InChI is InChI=1S/C13H19N5O2S/c1-17-7-10(5-15-17)8-18-4-3-11(9-18)13-12(6-14-16-13)21(2,19)20/h5-7,11H,3-4,8-9H2,1-2H3,(H,14,16). The van der Waals surface area contributed by atoms with Crippen LogP contribution in [0.15, 0.2) is 23.5 Å². The van der Waals surface area contributed by atoms with Crippen molar-refractivity contribution >= 4 is 9.84 Å². The molecule has 2 aromatic rings. The van der Waals surface area contributed by atoms with E-state index in [1.54, 1.807) is 4.68 Å². The fourth-order valence-corrected chi connectivity index (χ4v) is 3.75. The number of nitrogens with zero attached hydrogens (tertiary/aromatic N) is 4. The van der Waals surface area contributed by atoms with Gasteiger partial charge in [0.15, 0.2) is 9.84 Å². The van der Waals surface area contributed by atoms with Gasteiger partial charge in [-0.2, -0.15) is 10.2 Å². The largest absolute Gasteiger partial charge is 0.298 e. The maximum atomic E-state index is 11.8. The summed E-state index contributed by atoms with van der Waals surface area (Å²) in [5.41, 5.74) is 1.91. The van der Waals surface area contributed by atoms with E-state index >= 15 is 0 Å². The van der Waals surface area contributed by atoms with E-state index in [9.17, 15) is 8.42 Å². The molecular weight excluding hydrogens is 290 g/mol. The van der Waals surface area contributed by atoms with Crippen LogP contribution < -0.4 is 0 Å². The second kappa shape index (κ2) is 5.27. The highest BCUT2D eigenvalue weighted by atomic mass is 32.2. The summed E-state index contributed by atoms with van der Waals surface area (Å²) in [7, 11) is -1.32. The van der Waals surface area contributed by atoms with E-state index in [4.69, 9.17) is 0 Å². The molecule has 1 atom stereocenters. The van der Waals surface area contributed by atoms with Gasteiger partial charge in [-0.1, -0.05) is 0 Å². The third kappa shape index (κ3) is 3.01. The van der Waals surface area contributed by atoms with Crippen molar-refractivity contribution in [3.8, 4) is 0 Å². The highest BCUT2D eigenvalue weighted by Gasteiger charge is 2.29. The summed E-state index contributed by atoms with van der Waals surface area (Å²) in [6, 6.07) is 0. The van der Waals surface area contributed by atoms with E-state index in [2.05, 4.69) is 20.2 Å². The van der Waals surface area contributed by atoms with Crippen molar-refractivity contribution in [1.29, 1.82) is 0 Å². The van der Waals surface area contributed by atoms with Crippen LogP contribution in [0, 0.1) is 0 Å². The predicted octanol–water partition coefficient (Wildman–Crippen LogP) is 0.536. The molecule has 0 bridgehead atoms. The molecule has 7 nitrogen and oxygen atoms in total. The van der Waals surface area contributed by atoms with Gasteiger partial charge in [0.05, 0.1) is 18.1 Å². The molecule has 0 saturated carbocycles. The lowest BCUT2D eigenvalue weighted by Crippen LogP contribution is -2.20. The van der Waals surface area contributed by atoms with Gasteiger partial charge < -0.3 is 0 Å². The summed E-state index contributed by atoms with van der Waals surface area (Å²) in [6.07, 6.45) is 7.44. The molecule has 0 spiro atoms. The molecule has 0 aliphatic carbocycles. The number of H-pyrrole nitrogens is 1. The molecule has 3 heterocycles. The number of aromatic amines is 1. The van der Waals surface area contributed by atoms with Gasteiger partial charge in [-0.05, 0) is 13.0 Å². The van der Waals surface area contributed by atoms with E-state index in [0.29, 0.717) is 4.90 Å². The lowest BCUT2D eigenvalue weighted by Gasteiger charge is -2.14. The van der Waals surface area contributed by atoms with Crippen LogP contribution in [0.25, 0.3) is 0 Å². The molecule has 114 valence electrons. The fourth-order valence-electron chi connectivity index (χ4n) is 2.90. The fraction of sp³-hybridized carbons (Fsp3) is 0.538. The molecule has 1 aliphatic heterocycles. The van der Waals surface area contributed by atoms with Crippen molar-refractivity contribution in [2.45, 2.75) is 23.8 Å². The van der Waals surface area contributed by atoms with E-state index in [-0.39, 0.29) is 5.92 Å². The number of sulfone groups is 1. The van der Waals surface area contributed by atoms with Crippen LogP contribution in [0.2, 0.25) is 0 Å². The molecule has 0 radical (unpaired) electrons. The minimum absolute atomic E-state index is 0.189. The molecule has 8 heteroatoms. The average Bonchev–Trinajstić information content (AvgIpc) is 3.08. The van der Waals surface area contributed by atoms with Crippen LogP contribution in [0.1, 0.15) is 23.6 Å². The van der Waals surface area contributed by atoms with Crippen LogP contribution in [-0.4, -0.2) is 52.6 Å². The highest BCUT2D eigenvalue weighted by molar-refractivity contribution is 7.90. The Labute approximate surface area is 123 Å². The Bertz CT molecular complexity index is 733. The van der Waals surface area contributed by atoms with Gasteiger partial charge in [-0.15, -0.1) is 0 Å². The third-order valence-electron chi connectivity index (χ3n) is 3.88. The zero-order valence-electron chi connectivity index (χ0n) is 12.2. The van der Waals surface area contributed by atoms with Crippen molar-refractivity contribution in [1.82, 2.24) is 24.9 Å². The predicted molar refractivity (Wildman–Crippen MR) is 77.5 cm³/mol. The summed E-state index contributed by atoms with van der Waals surface area (Å²) in [5.74, 6) is 0.189. The smallest absolute Gasteiger partial charge is 0.178 e. The first-order valence-electron chi connectivity index (χ1n) is 6.86. The molecule has 21 heavy (non-hydrogen) atoms. The zero-order valence-corrected chi connectivity index (χ0v) is 13.0. The van der Waals surface area contributed by atoms with Gasteiger partial charge in [0.25, 0.3) is 0 Å². The Kier molecular flexibility index (Phi) is 3.58. The second-order valence-corrected chi connectivity index (χ2v) is 7.65. The molecule has 1 N–H and O–H groups in total. The van der Waals surface area contributed by atoms with Crippen LogP contribution >= 0.6 is 0 Å². The molecule has 2 aromatic heterocycles. The summed E-state index contributed by atoms with van der Waals surface area (Å²) < 4.78 is 25.3. The molecule has 1 saturated heterocycles. The van der Waals surface area contributed by atoms with E-state index < -0.39 is 9.84 Å². The third-order valence-corrected chi connectivity index (χ3v) is 5.00. The Morgan fingerprint density at radius 3 is 2.90 bits per heavy atom. The van der Waals surface area contributed by atoms with Gasteiger partial charge in [0, 0.05) is 44.1 Å². The molecule has 1 unspecified atom stereocenters. The van der Waals surface area contributed by atoms with Crippen molar-refractivity contribution in [3.63, 3.8) is 0 Å². The first-order chi connectivity index (χ1) is 9.93. The van der Waals surface area contributed by atoms with Gasteiger partial charge in [-0.3, -0.25) is 14.7 Å². The molecular formula is C13H19N5O2S. The number of hydrogen-bond acceptors (Lipinski definition) is 5. The molecule has 1 aliphatic rings. The van der Waals surface area contributed by atoms with Crippen molar-refractivity contribution in [3.05, 3.63) is 29.8 Å². The molecule has 0 amide bonds. The van der Waals surface area contributed by atoms with Crippen molar-refractivity contribution in [2.75, 3.05) is 19.3 Å². The van der Waals surface area contributed by atoms with Gasteiger partial charge in [0.2, 0.25) is 0 Å². The summed E-state index contributed by atoms with van der Waals surface area (Å²) >= 11 is 0. The van der Waals surface area contributed by atoms with Crippen molar-refractivity contribution in [2.24, 2.45) is 7.05 Å². The molecule has 0 aromatic carbocycles. The maximum absolute atomic E-state index is 11.8. The average molecular weight is 309 g/mol. The van der Waals surface area contributed by atoms with Crippen LogP contribution in [0.4, 0.5) is 0 Å². The SMILES string of the molecule is Cn1cc(CN2CCC(c3[nH]ncc3S(C)(=O)=O)C2)cn1. The number of aromatic nitrogens is 4. The maximum Gasteiger partial charge on any atom is 0.178 e. The summed E-state index contributed by atoms with van der Waals surface area (Å²) in [5, 5.41) is 10.9. The topological polar surface area (TPSA) is 83.9 Å². The van der Waals surface area contributed by atoms with E-state index in [1.807, 2.05) is 19.4 Å². The van der Waals surface area contributed by atoms with Crippen LogP contribution in [-0.2, 0) is 23.4 Å². The first-order valence-corrected chi connectivity index (χ1v) is 8.76. The normalized spacial score (nSPS) is 20.2. The summed E-state index contributed by atoms with van der Waals surface area (Å²) in [4.78, 5) is 2.64. The molecule has 1 fully saturated rings. The van der Waals surface area contributed by atoms with Crippen LogP contribution in [0.5, 0.6) is 0 Å². The van der Waals surface area contributed by atoms with Crippen molar-refractivity contribution < 1.29 is 8.42 Å². The second-order valence-electron chi connectivity index (χ2n) is 5.66. The lowest BCUT2D eigenvalue weighted by atomic mass is 10.1. The van der Waals surface area contributed by atoms with Gasteiger partial charge >= 0.3 is 0 Å². The first kappa shape index (κ1) is 14.3. The Hall–Kier alpha value is -1.67. The minimum atomic E-state index is -3.23. The van der Waals surface area contributed by atoms with E-state index in [1.165, 1.54) is 18.0 Å². The Balaban J connectivity index is 1.71.